The molecule has 3 N–H and O–H groups in total. The van der Waals surface area contributed by atoms with Gasteiger partial charge in [0.1, 0.15) is 10.8 Å². The predicted octanol–water partition coefficient (Wildman–Crippen LogP) is 5.10. The first kappa shape index (κ1) is 21.8. The number of primary amides is 1. The largest absolute Gasteiger partial charge is 0.365 e. The van der Waals surface area contributed by atoms with Crippen molar-refractivity contribution in [2.24, 2.45) is 5.73 Å². The fourth-order valence-electron chi connectivity index (χ4n) is 3.65. The van der Waals surface area contributed by atoms with E-state index in [1.54, 1.807) is 18.2 Å². The number of hydrogen-bond acceptors (Lipinski definition) is 4. The Morgan fingerprint density at radius 2 is 1.97 bits per heavy atom. The number of carbonyl (C=O) groups is 2. The van der Waals surface area contributed by atoms with Crippen molar-refractivity contribution in [2.75, 3.05) is 11.9 Å². The second kappa shape index (κ2) is 8.96. The molecule has 0 radical (unpaired) electrons. The highest BCUT2D eigenvalue weighted by Gasteiger charge is 2.28. The summed E-state index contributed by atoms with van der Waals surface area (Å²) in [7, 11) is 0. The lowest BCUT2D eigenvalue weighted by molar-refractivity contribution is 0.0999. The lowest BCUT2D eigenvalue weighted by Crippen LogP contribution is -2.30. The summed E-state index contributed by atoms with van der Waals surface area (Å²) in [5.74, 6) is -1.87. The maximum absolute atomic E-state index is 14.0. The van der Waals surface area contributed by atoms with Crippen LogP contribution in [0, 0.1) is 5.82 Å². The van der Waals surface area contributed by atoms with Crippen molar-refractivity contribution >= 4 is 51.4 Å². The molecule has 2 heterocycles. The normalized spacial score (nSPS) is 13.6. The summed E-state index contributed by atoms with van der Waals surface area (Å²) in [6, 6.07) is 11.1. The van der Waals surface area contributed by atoms with Gasteiger partial charge in [-0.3, -0.25) is 14.5 Å². The number of anilines is 1. The lowest BCUT2D eigenvalue weighted by Gasteiger charge is -2.27. The van der Waals surface area contributed by atoms with Gasteiger partial charge in [-0.1, -0.05) is 41.4 Å². The highest BCUT2D eigenvalue weighted by atomic mass is 35.5. The SMILES string of the molecule is NC(=O)c1c(NC(=O)c2ccccc2F)sc2c1CCN(Cc1ccc(Cl)cc1Cl)C2. The van der Waals surface area contributed by atoms with E-state index in [-0.39, 0.29) is 5.56 Å². The molecule has 0 fully saturated rings. The highest BCUT2D eigenvalue weighted by molar-refractivity contribution is 7.17. The Hall–Kier alpha value is -2.45. The van der Waals surface area contributed by atoms with Crippen LogP contribution in [-0.4, -0.2) is 23.3 Å². The van der Waals surface area contributed by atoms with E-state index in [0.29, 0.717) is 46.7 Å². The Kier molecular flexibility index (Phi) is 6.29. The van der Waals surface area contributed by atoms with Gasteiger partial charge in [-0.25, -0.2) is 4.39 Å². The van der Waals surface area contributed by atoms with Crippen LogP contribution in [0.3, 0.4) is 0 Å². The van der Waals surface area contributed by atoms with Gasteiger partial charge in [0.05, 0.1) is 11.1 Å². The van der Waals surface area contributed by atoms with Crippen molar-refractivity contribution in [2.45, 2.75) is 19.5 Å². The number of halogens is 3. The number of rotatable bonds is 5. The molecule has 0 unspecified atom stereocenters. The molecule has 3 aromatic rings. The minimum atomic E-state index is -0.632. The number of nitrogens with zero attached hydrogens (tertiary/aromatic N) is 1. The Labute approximate surface area is 192 Å². The van der Waals surface area contributed by atoms with Gasteiger partial charge >= 0.3 is 0 Å². The fourth-order valence-corrected chi connectivity index (χ4v) is 5.41. The summed E-state index contributed by atoms with van der Waals surface area (Å²) < 4.78 is 14.0. The van der Waals surface area contributed by atoms with E-state index >= 15 is 0 Å². The smallest absolute Gasteiger partial charge is 0.259 e. The molecule has 5 nitrogen and oxygen atoms in total. The van der Waals surface area contributed by atoms with Crippen molar-refractivity contribution in [3.05, 3.63) is 85.5 Å². The quantitative estimate of drug-likeness (QED) is 0.536. The third kappa shape index (κ3) is 4.60. The first-order valence-corrected chi connectivity index (χ1v) is 11.1. The van der Waals surface area contributed by atoms with Crippen LogP contribution in [0.2, 0.25) is 10.0 Å². The lowest BCUT2D eigenvalue weighted by atomic mass is 10.0. The Morgan fingerprint density at radius 3 is 2.68 bits per heavy atom. The molecule has 0 saturated heterocycles. The topological polar surface area (TPSA) is 75.4 Å². The number of thiophene rings is 1. The average molecular weight is 478 g/mol. The zero-order chi connectivity index (χ0) is 22.1. The molecule has 160 valence electrons. The van der Waals surface area contributed by atoms with Crippen LogP contribution in [0.5, 0.6) is 0 Å². The van der Waals surface area contributed by atoms with Crippen LogP contribution in [0.15, 0.2) is 42.5 Å². The molecule has 1 aromatic heterocycles. The monoisotopic (exact) mass is 477 g/mol. The molecule has 0 atom stereocenters. The van der Waals surface area contributed by atoms with Crippen LogP contribution in [-0.2, 0) is 19.5 Å². The minimum absolute atomic E-state index is 0.0942. The summed E-state index contributed by atoms with van der Waals surface area (Å²) in [4.78, 5) is 27.8. The van der Waals surface area contributed by atoms with Gasteiger partial charge in [-0.15, -0.1) is 11.3 Å². The maximum atomic E-state index is 14.0. The first-order chi connectivity index (χ1) is 14.8. The molecule has 0 saturated carbocycles. The third-order valence-corrected chi connectivity index (χ3v) is 6.86. The third-order valence-electron chi connectivity index (χ3n) is 5.14. The summed E-state index contributed by atoms with van der Waals surface area (Å²) in [6.45, 7) is 1.90. The molecule has 2 aromatic carbocycles. The summed E-state index contributed by atoms with van der Waals surface area (Å²) in [5, 5.41) is 4.19. The molecule has 31 heavy (non-hydrogen) atoms. The molecule has 4 rings (SSSR count). The van der Waals surface area contributed by atoms with Crippen LogP contribution in [0.1, 0.15) is 36.7 Å². The molecule has 2 amide bonds. The number of fused-ring (bicyclic) bond motifs is 1. The summed E-state index contributed by atoms with van der Waals surface area (Å²) >= 11 is 13.6. The van der Waals surface area contributed by atoms with E-state index in [1.807, 2.05) is 6.07 Å². The van der Waals surface area contributed by atoms with Crippen molar-refractivity contribution in [1.29, 1.82) is 0 Å². The van der Waals surface area contributed by atoms with E-state index < -0.39 is 17.6 Å². The van der Waals surface area contributed by atoms with Gasteiger partial charge in [-0.2, -0.15) is 0 Å². The van der Waals surface area contributed by atoms with Crippen molar-refractivity contribution in [1.82, 2.24) is 4.90 Å². The van der Waals surface area contributed by atoms with Crippen LogP contribution in [0.25, 0.3) is 0 Å². The van der Waals surface area contributed by atoms with E-state index in [1.165, 1.54) is 29.5 Å². The Bertz CT molecular complexity index is 1180. The first-order valence-electron chi connectivity index (χ1n) is 9.50. The fraction of sp³-hybridized carbons (Fsp3) is 0.182. The van der Waals surface area contributed by atoms with Crippen molar-refractivity contribution in [3.63, 3.8) is 0 Å². The van der Waals surface area contributed by atoms with E-state index in [9.17, 15) is 14.0 Å². The number of carbonyl (C=O) groups excluding carboxylic acids is 2. The molecule has 1 aliphatic heterocycles. The van der Waals surface area contributed by atoms with Crippen LogP contribution >= 0.6 is 34.5 Å². The second-order valence-corrected chi connectivity index (χ2v) is 9.15. The summed E-state index contributed by atoms with van der Waals surface area (Å²) in [5.41, 5.74) is 7.61. The maximum Gasteiger partial charge on any atom is 0.259 e. The van der Waals surface area contributed by atoms with E-state index in [0.717, 1.165) is 16.0 Å². The standard InChI is InChI=1S/C22H18Cl2FN3O2S/c23-13-6-5-12(16(24)9-13)10-28-8-7-15-18(11-28)31-22(19(15)20(26)29)27-21(30)14-3-1-2-4-17(14)25/h1-6,9H,7-8,10-11H2,(H2,26,29)(H,27,30). The number of amides is 2. The zero-order valence-corrected chi connectivity index (χ0v) is 18.6. The minimum Gasteiger partial charge on any atom is -0.365 e. The van der Waals surface area contributed by atoms with Gasteiger partial charge < -0.3 is 11.1 Å². The Morgan fingerprint density at radius 1 is 1.19 bits per heavy atom. The molecule has 0 spiro atoms. The van der Waals surface area contributed by atoms with Gasteiger partial charge in [0, 0.05) is 34.6 Å². The number of hydrogen-bond donors (Lipinski definition) is 2. The van der Waals surface area contributed by atoms with Gasteiger partial charge in [0.15, 0.2) is 0 Å². The molecule has 1 aliphatic rings. The number of nitrogens with one attached hydrogen (secondary N) is 1. The number of nitrogens with two attached hydrogens (primary N) is 1. The predicted molar refractivity (Wildman–Crippen MR) is 121 cm³/mol. The second-order valence-electron chi connectivity index (χ2n) is 7.20. The molecule has 0 aliphatic carbocycles. The summed E-state index contributed by atoms with van der Waals surface area (Å²) in [6.07, 6.45) is 0.602. The van der Waals surface area contributed by atoms with Crippen molar-refractivity contribution < 1.29 is 14.0 Å². The average Bonchev–Trinajstić information content (AvgIpc) is 3.07. The van der Waals surface area contributed by atoms with Crippen LogP contribution in [0.4, 0.5) is 9.39 Å². The van der Waals surface area contributed by atoms with Gasteiger partial charge in [-0.05, 0) is 41.8 Å². The molecular weight excluding hydrogens is 460 g/mol. The van der Waals surface area contributed by atoms with Gasteiger partial charge in [0.2, 0.25) is 0 Å². The molecular formula is C22H18Cl2FN3O2S. The van der Waals surface area contributed by atoms with E-state index in [4.69, 9.17) is 28.9 Å². The molecule has 0 bridgehead atoms. The van der Waals surface area contributed by atoms with Gasteiger partial charge in [0.25, 0.3) is 11.8 Å². The highest BCUT2D eigenvalue weighted by Crippen LogP contribution is 2.38. The zero-order valence-electron chi connectivity index (χ0n) is 16.3. The van der Waals surface area contributed by atoms with Crippen molar-refractivity contribution in [3.8, 4) is 0 Å². The van der Waals surface area contributed by atoms with Crippen LogP contribution < -0.4 is 11.1 Å². The number of benzene rings is 2. The Balaban J connectivity index is 1.58. The van der Waals surface area contributed by atoms with E-state index in [2.05, 4.69) is 10.2 Å². The molecule has 9 heteroatoms.